The summed E-state index contributed by atoms with van der Waals surface area (Å²) in [5, 5.41) is 29.0. The lowest BCUT2D eigenvalue weighted by Gasteiger charge is -2.36. The lowest BCUT2D eigenvalue weighted by atomic mass is 9.85. The van der Waals surface area contributed by atoms with Crippen LogP contribution in [0.1, 0.15) is 194 Å². The Labute approximate surface area is 260 Å². The molecule has 7 heteroatoms. The molecule has 0 saturated heterocycles. The first-order valence-electron chi connectivity index (χ1n) is 17.9. The van der Waals surface area contributed by atoms with E-state index in [2.05, 4.69) is 13.8 Å². The third-order valence-electron chi connectivity index (χ3n) is 8.93. The van der Waals surface area contributed by atoms with Gasteiger partial charge in [-0.25, -0.2) is 0 Å². The van der Waals surface area contributed by atoms with E-state index in [9.17, 15) is 29.5 Å². The number of hydrogen-bond donors (Lipinski definition) is 3. The van der Waals surface area contributed by atoms with E-state index in [0.29, 0.717) is 12.8 Å². The standard InChI is InChI=1S/C35H69O6P/c1-3-5-7-9-11-13-15-17-19-21-23-25-27-29-32(37)34(39,31-36)35(40,42-41)33(38)30-28-26-24-22-20-18-16-14-12-10-8-6-4-2/h36,39-40H,3-31,42H2,1-2H3. The summed E-state index contributed by atoms with van der Waals surface area (Å²) in [6, 6.07) is 0. The van der Waals surface area contributed by atoms with Crippen LogP contribution in [0, 0.1) is 0 Å². The van der Waals surface area contributed by atoms with Crippen LogP contribution in [0.25, 0.3) is 0 Å². The van der Waals surface area contributed by atoms with E-state index in [1.54, 1.807) is 0 Å². The maximum Gasteiger partial charge on any atom is 0.208 e. The zero-order valence-corrected chi connectivity index (χ0v) is 28.8. The predicted octanol–water partition coefficient (Wildman–Crippen LogP) is 9.26. The number of unbranched alkanes of at least 4 members (excludes halogenated alkanes) is 24. The monoisotopic (exact) mass is 616 g/mol. The van der Waals surface area contributed by atoms with E-state index >= 15 is 0 Å². The van der Waals surface area contributed by atoms with Crippen LogP contribution < -0.4 is 0 Å². The fraction of sp³-hybridized carbons (Fsp3) is 0.943. The van der Waals surface area contributed by atoms with Gasteiger partial charge in [-0.3, -0.25) is 9.59 Å². The van der Waals surface area contributed by atoms with E-state index in [1.807, 2.05) is 0 Å². The van der Waals surface area contributed by atoms with Crippen molar-refractivity contribution in [2.24, 2.45) is 0 Å². The highest BCUT2D eigenvalue weighted by atomic mass is 31.1. The van der Waals surface area contributed by atoms with Crippen molar-refractivity contribution in [2.75, 3.05) is 6.61 Å². The molecule has 42 heavy (non-hydrogen) atoms. The molecule has 0 aliphatic rings. The Hall–Kier alpha value is -0.550. The molecule has 0 aliphatic heterocycles. The summed E-state index contributed by atoms with van der Waals surface area (Å²) in [6.45, 7) is 3.36. The Morgan fingerprint density at radius 1 is 0.476 bits per heavy atom. The first-order chi connectivity index (χ1) is 20.3. The molecule has 0 aromatic heterocycles. The average Bonchev–Trinajstić information content (AvgIpc) is 3.00. The highest BCUT2D eigenvalue weighted by molar-refractivity contribution is 7.27. The van der Waals surface area contributed by atoms with Crippen LogP contribution in [-0.4, -0.2) is 44.4 Å². The number of carbonyl (C=O) groups is 2. The van der Waals surface area contributed by atoms with Crippen molar-refractivity contribution in [1.82, 2.24) is 0 Å². The Kier molecular flexibility index (Phi) is 27.6. The van der Waals surface area contributed by atoms with Gasteiger partial charge in [0, 0.05) is 12.8 Å². The highest BCUT2D eigenvalue weighted by Gasteiger charge is 2.57. The van der Waals surface area contributed by atoms with Crippen LogP contribution >= 0.6 is 8.46 Å². The predicted molar refractivity (Wildman–Crippen MR) is 178 cm³/mol. The number of carbonyl (C=O) groups excluding carboxylic acids is 2. The molecule has 0 spiro atoms. The van der Waals surface area contributed by atoms with E-state index in [1.165, 1.54) is 116 Å². The number of aliphatic hydroxyl groups is 3. The summed E-state index contributed by atoms with van der Waals surface area (Å²) in [7, 11) is -2.20. The van der Waals surface area contributed by atoms with Gasteiger partial charge in [-0.2, -0.15) is 0 Å². The van der Waals surface area contributed by atoms with Gasteiger partial charge in [0.25, 0.3) is 0 Å². The minimum absolute atomic E-state index is 0.0530. The van der Waals surface area contributed by atoms with Crippen molar-refractivity contribution in [3.63, 3.8) is 0 Å². The summed E-state index contributed by atoms with van der Waals surface area (Å²) >= 11 is 0. The second-order valence-corrected chi connectivity index (χ2v) is 13.8. The van der Waals surface area contributed by atoms with Crippen molar-refractivity contribution in [3.05, 3.63) is 0 Å². The van der Waals surface area contributed by atoms with Crippen molar-refractivity contribution >= 4 is 20.0 Å². The first-order valence-corrected chi connectivity index (χ1v) is 19.0. The molecule has 0 amide bonds. The van der Waals surface area contributed by atoms with Gasteiger partial charge in [0.15, 0.2) is 17.2 Å². The van der Waals surface area contributed by atoms with E-state index in [-0.39, 0.29) is 12.8 Å². The second-order valence-electron chi connectivity index (χ2n) is 12.7. The Morgan fingerprint density at radius 2 is 0.738 bits per heavy atom. The van der Waals surface area contributed by atoms with Gasteiger partial charge < -0.3 is 19.9 Å². The molecule has 250 valence electrons. The molecule has 3 atom stereocenters. The summed E-state index contributed by atoms with van der Waals surface area (Å²) in [4.78, 5) is 25.7. The lowest BCUT2D eigenvalue weighted by molar-refractivity contribution is -0.172. The van der Waals surface area contributed by atoms with Crippen molar-refractivity contribution in [3.8, 4) is 0 Å². The molecule has 0 rings (SSSR count). The highest BCUT2D eigenvalue weighted by Crippen LogP contribution is 2.37. The van der Waals surface area contributed by atoms with Gasteiger partial charge in [0.2, 0.25) is 5.34 Å². The molecule has 0 saturated carbocycles. The van der Waals surface area contributed by atoms with Crippen LogP contribution in [0.3, 0.4) is 0 Å². The van der Waals surface area contributed by atoms with Gasteiger partial charge in [-0.1, -0.05) is 168 Å². The molecule has 0 aromatic carbocycles. The summed E-state index contributed by atoms with van der Waals surface area (Å²) in [5.74, 6) is -1.59. The molecule has 3 unspecified atom stereocenters. The van der Waals surface area contributed by atoms with E-state index in [0.717, 1.165) is 38.5 Å². The van der Waals surface area contributed by atoms with Crippen LogP contribution in [0.5, 0.6) is 0 Å². The van der Waals surface area contributed by atoms with E-state index in [4.69, 9.17) is 0 Å². The Bertz CT molecular complexity index is 672. The molecular weight excluding hydrogens is 547 g/mol. The van der Waals surface area contributed by atoms with Crippen LogP contribution in [-0.2, 0) is 14.2 Å². The number of ketones is 2. The third kappa shape index (κ3) is 18.3. The summed E-state index contributed by atoms with van der Waals surface area (Å²) in [6.07, 6.45) is 29.9. The smallest absolute Gasteiger partial charge is 0.208 e. The maximum absolute atomic E-state index is 12.8. The largest absolute Gasteiger partial charge is 0.393 e. The molecule has 6 nitrogen and oxygen atoms in total. The SMILES string of the molecule is CCCCCCCCCCCCCCCC(=O)C(O)(CO)C(O)([PH2]=O)C(=O)CCCCCCCCCCCCCCC. The molecule has 0 fully saturated rings. The van der Waals surface area contributed by atoms with E-state index < -0.39 is 37.6 Å². The fourth-order valence-electron chi connectivity index (χ4n) is 5.82. The summed E-state index contributed by atoms with van der Waals surface area (Å²) < 4.78 is 12.0. The van der Waals surface area contributed by atoms with Crippen LogP contribution in [0.2, 0.25) is 0 Å². The van der Waals surface area contributed by atoms with Crippen molar-refractivity contribution < 1.29 is 29.5 Å². The zero-order chi connectivity index (χ0) is 31.4. The Balaban J connectivity index is 4.17. The first kappa shape index (κ1) is 41.4. The lowest BCUT2D eigenvalue weighted by Crippen LogP contribution is -2.62. The number of Topliss-reactive ketones (excluding diaryl/α,β-unsaturated/α-hetero) is 2. The average molecular weight is 617 g/mol. The zero-order valence-electron chi connectivity index (χ0n) is 27.6. The normalized spacial score (nSPS) is 14.8. The van der Waals surface area contributed by atoms with Crippen LogP contribution in [0.15, 0.2) is 0 Å². The minimum atomic E-state index is -2.70. The van der Waals surface area contributed by atoms with Crippen LogP contribution in [0.4, 0.5) is 0 Å². The summed E-state index contributed by atoms with van der Waals surface area (Å²) in [5.41, 5.74) is -2.70. The molecular formula is C35H69O6P. The minimum Gasteiger partial charge on any atom is -0.393 e. The number of aliphatic hydroxyl groups excluding tert-OH is 1. The maximum atomic E-state index is 12.8. The molecule has 3 N–H and O–H groups in total. The molecule has 0 aromatic rings. The van der Waals surface area contributed by atoms with Gasteiger partial charge in [-0.15, -0.1) is 0 Å². The quantitative estimate of drug-likeness (QED) is 0.0500. The number of rotatable bonds is 33. The molecule has 0 bridgehead atoms. The topological polar surface area (TPSA) is 112 Å². The molecule has 0 aliphatic carbocycles. The third-order valence-corrected chi connectivity index (χ3v) is 10.1. The van der Waals surface area contributed by atoms with Gasteiger partial charge in [0.05, 0.1) is 6.61 Å². The number of hydrogen-bond acceptors (Lipinski definition) is 6. The fourth-order valence-corrected chi connectivity index (χ4v) is 6.54. The Morgan fingerprint density at radius 3 is 1.00 bits per heavy atom. The van der Waals surface area contributed by atoms with Gasteiger partial charge in [-0.05, 0) is 12.8 Å². The molecule has 0 radical (unpaired) electrons. The molecule has 0 heterocycles. The van der Waals surface area contributed by atoms with Gasteiger partial charge >= 0.3 is 0 Å². The van der Waals surface area contributed by atoms with Gasteiger partial charge in [0.1, 0.15) is 8.46 Å². The second kappa shape index (κ2) is 28.0. The van der Waals surface area contributed by atoms with Crippen molar-refractivity contribution in [1.29, 1.82) is 0 Å². The van der Waals surface area contributed by atoms with Crippen molar-refractivity contribution in [2.45, 2.75) is 205 Å².